The molecule has 174 valence electrons. The second-order valence-corrected chi connectivity index (χ2v) is 10.7. The molecule has 0 unspecified atom stereocenters. The van der Waals surface area contributed by atoms with Gasteiger partial charge in [-0.15, -0.1) is 0 Å². The summed E-state index contributed by atoms with van der Waals surface area (Å²) in [4.78, 5) is 15.6. The molecule has 0 saturated carbocycles. The smallest absolute Gasteiger partial charge is 0.244 e. The average Bonchev–Trinajstić information content (AvgIpc) is 3.21. The van der Waals surface area contributed by atoms with E-state index in [0.29, 0.717) is 18.7 Å². The minimum Gasteiger partial charge on any atom is -0.350 e. The number of amides is 1. The zero-order valence-corrected chi connectivity index (χ0v) is 20.4. The fourth-order valence-electron chi connectivity index (χ4n) is 4.48. The number of hydrogen-bond acceptors (Lipinski definition) is 4. The van der Waals surface area contributed by atoms with Gasteiger partial charge in [0.05, 0.1) is 11.9 Å². The van der Waals surface area contributed by atoms with Crippen LogP contribution in [-0.4, -0.2) is 44.6 Å². The maximum absolute atomic E-state index is 13.1. The molecule has 1 aliphatic heterocycles. The number of nitrogens with one attached hydrogen (secondary N) is 1. The third-order valence-corrected chi connectivity index (χ3v) is 7.03. The van der Waals surface area contributed by atoms with Crippen LogP contribution in [0, 0.1) is 13.8 Å². The number of carbonyl (C=O) groups excluding carboxylic acids is 1. The number of likely N-dealkylation sites (tertiary alicyclic amines) is 1. The van der Waals surface area contributed by atoms with Gasteiger partial charge in [0.1, 0.15) is 6.04 Å². The fourth-order valence-corrected chi connectivity index (χ4v) is 5.68. The Morgan fingerprint density at radius 1 is 1.06 bits per heavy atom. The normalized spacial score (nSPS) is 15.5. The van der Waals surface area contributed by atoms with Crippen molar-refractivity contribution in [2.24, 2.45) is 0 Å². The molecule has 3 rings (SSSR count). The maximum atomic E-state index is 13.1. The highest BCUT2D eigenvalue weighted by molar-refractivity contribution is 7.92. The quantitative estimate of drug-likeness (QED) is 0.623. The van der Waals surface area contributed by atoms with Gasteiger partial charge in [0.2, 0.25) is 15.9 Å². The molecule has 32 heavy (non-hydrogen) atoms. The predicted molar refractivity (Wildman–Crippen MR) is 130 cm³/mol. The van der Waals surface area contributed by atoms with E-state index in [-0.39, 0.29) is 5.91 Å². The van der Waals surface area contributed by atoms with Crippen LogP contribution in [0.15, 0.2) is 42.5 Å². The van der Waals surface area contributed by atoms with Gasteiger partial charge in [0.25, 0.3) is 0 Å². The van der Waals surface area contributed by atoms with Crippen molar-refractivity contribution in [1.29, 1.82) is 0 Å². The zero-order chi connectivity index (χ0) is 23.3. The summed E-state index contributed by atoms with van der Waals surface area (Å²) in [5.41, 5.74) is 4.69. The lowest BCUT2D eigenvalue weighted by Crippen LogP contribution is -2.49. The first-order valence-corrected chi connectivity index (χ1v) is 13.2. The van der Waals surface area contributed by atoms with Crippen LogP contribution < -0.4 is 9.62 Å². The zero-order valence-electron chi connectivity index (χ0n) is 19.6. The van der Waals surface area contributed by atoms with E-state index in [2.05, 4.69) is 22.3 Å². The van der Waals surface area contributed by atoms with Crippen LogP contribution in [0.25, 0.3) is 0 Å². The molecule has 0 bridgehead atoms. The van der Waals surface area contributed by atoms with Crippen LogP contribution in [0.4, 0.5) is 5.69 Å². The number of benzene rings is 2. The first kappa shape index (κ1) is 24.3. The molecule has 1 fully saturated rings. The van der Waals surface area contributed by atoms with Gasteiger partial charge < -0.3 is 5.32 Å². The number of rotatable bonds is 9. The summed E-state index contributed by atoms with van der Waals surface area (Å²) in [6, 6.07) is 13.0. The number of nitrogens with zero attached hydrogens (tertiary/aromatic N) is 2. The molecule has 6 nitrogen and oxygen atoms in total. The summed E-state index contributed by atoms with van der Waals surface area (Å²) in [5.74, 6) is -0.290. The predicted octanol–water partition coefficient (Wildman–Crippen LogP) is 3.76. The van der Waals surface area contributed by atoms with E-state index in [9.17, 15) is 13.2 Å². The van der Waals surface area contributed by atoms with E-state index in [1.54, 1.807) is 0 Å². The summed E-state index contributed by atoms with van der Waals surface area (Å²) in [5, 5.41) is 2.96. The van der Waals surface area contributed by atoms with Crippen molar-refractivity contribution in [2.75, 3.05) is 23.7 Å². The minimum atomic E-state index is -3.64. The Morgan fingerprint density at radius 3 is 2.28 bits per heavy atom. The van der Waals surface area contributed by atoms with Crippen LogP contribution in [0.5, 0.6) is 0 Å². The van der Waals surface area contributed by atoms with E-state index in [4.69, 9.17) is 0 Å². The highest BCUT2D eigenvalue weighted by Crippen LogP contribution is 2.25. The number of anilines is 1. The summed E-state index contributed by atoms with van der Waals surface area (Å²) in [7, 11) is -3.64. The Morgan fingerprint density at radius 2 is 1.69 bits per heavy atom. The lowest BCUT2D eigenvalue weighted by atomic mass is 10.1. The molecule has 1 aliphatic rings. The molecule has 1 N–H and O–H groups in total. The Kier molecular flexibility index (Phi) is 7.96. The minimum absolute atomic E-state index is 0.290. The van der Waals surface area contributed by atoms with Crippen molar-refractivity contribution in [3.63, 3.8) is 0 Å². The van der Waals surface area contributed by atoms with Gasteiger partial charge in [-0.2, -0.15) is 0 Å². The highest BCUT2D eigenvalue weighted by Gasteiger charge is 2.31. The lowest BCUT2D eigenvalue weighted by molar-refractivity contribution is -0.122. The van der Waals surface area contributed by atoms with E-state index < -0.39 is 16.1 Å². The van der Waals surface area contributed by atoms with Crippen molar-refractivity contribution in [3.05, 3.63) is 64.7 Å². The largest absolute Gasteiger partial charge is 0.350 e. The molecule has 1 amide bonds. The van der Waals surface area contributed by atoms with Crippen molar-refractivity contribution >= 4 is 21.6 Å². The monoisotopic (exact) mass is 457 g/mol. The Hall–Kier alpha value is -2.38. The molecule has 0 spiro atoms. The molecular weight excluding hydrogens is 422 g/mol. The molecule has 7 heteroatoms. The first-order valence-electron chi connectivity index (χ1n) is 11.3. The Balaban J connectivity index is 1.74. The number of sulfonamides is 1. The molecule has 1 saturated heterocycles. The Labute approximate surface area is 192 Å². The van der Waals surface area contributed by atoms with E-state index in [0.717, 1.165) is 42.6 Å². The van der Waals surface area contributed by atoms with Gasteiger partial charge in [0.15, 0.2) is 0 Å². The summed E-state index contributed by atoms with van der Waals surface area (Å²) in [6.45, 7) is 9.25. The van der Waals surface area contributed by atoms with Crippen LogP contribution in [0.2, 0.25) is 0 Å². The summed E-state index contributed by atoms with van der Waals surface area (Å²) in [6.07, 6.45) is 4.04. The van der Waals surface area contributed by atoms with Gasteiger partial charge in [-0.25, -0.2) is 8.42 Å². The summed E-state index contributed by atoms with van der Waals surface area (Å²) >= 11 is 0. The number of hydrogen-bond donors (Lipinski definition) is 1. The van der Waals surface area contributed by atoms with Gasteiger partial charge >= 0.3 is 0 Å². The molecule has 2 aromatic rings. The molecule has 1 atom stereocenters. The highest BCUT2D eigenvalue weighted by atomic mass is 32.2. The molecule has 0 aliphatic carbocycles. The van der Waals surface area contributed by atoms with Gasteiger partial charge in [0, 0.05) is 13.1 Å². The third kappa shape index (κ3) is 6.33. The van der Waals surface area contributed by atoms with E-state index in [1.165, 1.54) is 22.7 Å². The lowest BCUT2D eigenvalue weighted by Gasteiger charge is -2.30. The van der Waals surface area contributed by atoms with Crippen molar-refractivity contribution < 1.29 is 13.2 Å². The third-order valence-electron chi connectivity index (χ3n) is 5.85. The van der Waals surface area contributed by atoms with E-state index >= 15 is 0 Å². The second kappa shape index (κ2) is 10.5. The second-order valence-electron chi connectivity index (χ2n) is 8.85. The van der Waals surface area contributed by atoms with Crippen LogP contribution in [0.1, 0.15) is 48.4 Å². The molecule has 0 aromatic heterocycles. The molecule has 1 heterocycles. The summed E-state index contributed by atoms with van der Waals surface area (Å²) < 4.78 is 26.6. The average molecular weight is 458 g/mol. The molecular formula is C25H35N3O3S. The van der Waals surface area contributed by atoms with Crippen molar-refractivity contribution in [3.8, 4) is 0 Å². The molecule has 0 radical (unpaired) electrons. The first-order chi connectivity index (χ1) is 15.2. The SMILES string of the molecule is CC[C@H](C(=O)NCc1cccc(CN2CCCC2)c1)N(c1cc(C)cc(C)c1)S(C)(=O)=O. The number of carbonyl (C=O) groups is 1. The Bertz CT molecular complexity index is 1030. The van der Waals surface area contributed by atoms with Gasteiger partial charge in [-0.3, -0.25) is 14.0 Å². The van der Waals surface area contributed by atoms with Crippen molar-refractivity contribution in [2.45, 2.75) is 59.2 Å². The fraction of sp³-hybridized carbons (Fsp3) is 0.480. The van der Waals surface area contributed by atoms with E-state index in [1.807, 2.05) is 51.1 Å². The van der Waals surface area contributed by atoms with Crippen LogP contribution in [0.3, 0.4) is 0 Å². The van der Waals surface area contributed by atoms with Gasteiger partial charge in [-0.05, 0) is 80.6 Å². The maximum Gasteiger partial charge on any atom is 0.244 e. The van der Waals surface area contributed by atoms with Crippen LogP contribution in [-0.2, 0) is 27.9 Å². The van der Waals surface area contributed by atoms with Crippen molar-refractivity contribution in [1.82, 2.24) is 10.2 Å². The van der Waals surface area contributed by atoms with Crippen LogP contribution >= 0.6 is 0 Å². The van der Waals surface area contributed by atoms with Gasteiger partial charge in [-0.1, -0.05) is 37.3 Å². The number of aryl methyl sites for hydroxylation is 2. The topological polar surface area (TPSA) is 69.7 Å². The standard InChI is InChI=1S/C25H35N3O3S/c1-5-24(28(32(4,30)31)23-14-19(2)13-20(3)15-23)25(29)26-17-21-9-8-10-22(16-21)18-27-11-6-7-12-27/h8-10,13-16,24H,5-7,11-12,17-18H2,1-4H3,(H,26,29)/t24-/m1/s1. The molecule has 2 aromatic carbocycles.